The summed E-state index contributed by atoms with van der Waals surface area (Å²) in [6.07, 6.45) is 5.83. The zero-order valence-electron chi connectivity index (χ0n) is 22.8. The zero-order chi connectivity index (χ0) is 28.1. The van der Waals surface area contributed by atoms with Gasteiger partial charge in [0.1, 0.15) is 22.2 Å². The number of nitrogens with one attached hydrogen (secondary N) is 1. The lowest BCUT2D eigenvalue weighted by molar-refractivity contribution is 0.00561. The molecule has 0 saturated carbocycles. The zero-order valence-corrected chi connectivity index (χ0v) is 22.8. The minimum Gasteiger partial charge on any atom is -0.444 e. The molecule has 0 aliphatic carbocycles. The number of carbonyl (C=O) groups excluding carboxylic acids is 2. The highest BCUT2D eigenvalue weighted by Gasteiger charge is 2.36. The second-order valence-corrected chi connectivity index (χ2v) is 10.9. The maximum absolute atomic E-state index is 14.5. The monoisotopic (exact) mass is 534 g/mol. The Morgan fingerprint density at radius 1 is 1.03 bits per heavy atom. The van der Waals surface area contributed by atoms with Crippen LogP contribution in [0.5, 0.6) is 0 Å². The van der Waals surface area contributed by atoms with Gasteiger partial charge in [-0.1, -0.05) is 0 Å². The Balaban J connectivity index is 1.42. The topological polar surface area (TPSA) is 118 Å². The maximum atomic E-state index is 14.5. The molecule has 3 aromatic heterocycles. The van der Waals surface area contributed by atoms with Gasteiger partial charge in [-0.25, -0.2) is 19.2 Å². The van der Waals surface area contributed by atoms with Crippen molar-refractivity contribution in [2.45, 2.75) is 52.3 Å². The van der Waals surface area contributed by atoms with E-state index in [9.17, 15) is 14.0 Å². The van der Waals surface area contributed by atoms with Crippen LogP contribution in [0.15, 0.2) is 36.9 Å². The lowest BCUT2D eigenvalue weighted by Gasteiger charge is -2.44. The highest BCUT2D eigenvalue weighted by molar-refractivity contribution is 6.12. The number of carbonyl (C=O) groups is 2. The second-order valence-electron chi connectivity index (χ2n) is 10.9. The number of pyridine rings is 1. The van der Waals surface area contributed by atoms with E-state index >= 15 is 0 Å². The number of aryl methyl sites for hydroxylation is 1. The standard InChI is InChI=1S/C27H31FN8O3/c1-15-12-35(13-16(2)36(15)26(38)39-27(3,4)5)24-23-22(29-7-8-30-23)19(11-31-24)25(37)32-18-9-17-14-34(6)33-21(17)20(28)10-18/h7-11,14-16H,12-13H2,1-6H3,(H,32,37)/t15-,16+. The third-order valence-electron chi connectivity index (χ3n) is 6.48. The molecule has 12 heteroatoms. The Labute approximate surface area is 225 Å². The molecular formula is C27H31FN8O3. The summed E-state index contributed by atoms with van der Waals surface area (Å²) in [6, 6.07) is 2.58. The van der Waals surface area contributed by atoms with Gasteiger partial charge in [-0.15, -0.1) is 0 Å². The van der Waals surface area contributed by atoms with Crippen LogP contribution in [0.2, 0.25) is 0 Å². The number of benzene rings is 1. The molecule has 5 rings (SSSR count). The highest BCUT2D eigenvalue weighted by Crippen LogP contribution is 2.29. The number of ether oxygens (including phenoxy) is 1. The van der Waals surface area contributed by atoms with E-state index in [0.717, 1.165) is 0 Å². The fourth-order valence-corrected chi connectivity index (χ4v) is 5.00. The summed E-state index contributed by atoms with van der Waals surface area (Å²) >= 11 is 0. The van der Waals surface area contributed by atoms with Gasteiger partial charge in [0.25, 0.3) is 5.91 Å². The van der Waals surface area contributed by atoms with Gasteiger partial charge in [0, 0.05) is 56.0 Å². The predicted molar refractivity (Wildman–Crippen MR) is 145 cm³/mol. The molecule has 2 atom stereocenters. The Morgan fingerprint density at radius 2 is 1.69 bits per heavy atom. The van der Waals surface area contributed by atoms with Gasteiger partial charge in [-0.05, 0) is 46.8 Å². The normalized spacial score (nSPS) is 18.0. The van der Waals surface area contributed by atoms with E-state index in [-0.39, 0.29) is 29.3 Å². The summed E-state index contributed by atoms with van der Waals surface area (Å²) in [5, 5.41) is 7.41. The SMILES string of the molecule is C[C@@H]1CN(c2ncc(C(=O)Nc3cc(F)c4nn(C)cc4c3)c3nccnc23)C[C@H](C)N1C(=O)OC(C)(C)C. The van der Waals surface area contributed by atoms with Crippen LogP contribution < -0.4 is 10.2 Å². The Hall–Kier alpha value is -4.35. The van der Waals surface area contributed by atoms with Crippen molar-refractivity contribution in [1.82, 2.24) is 29.6 Å². The number of halogens is 1. The number of fused-ring (bicyclic) bond motifs is 2. The molecule has 0 radical (unpaired) electrons. The first kappa shape index (κ1) is 26.3. The van der Waals surface area contributed by atoms with Gasteiger partial charge >= 0.3 is 6.09 Å². The average molecular weight is 535 g/mol. The molecule has 4 heterocycles. The van der Waals surface area contributed by atoms with Gasteiger partial charge in [0.2, 0.25) is 0 Å². The fraction of sp³-hybridized carbons (Fsp3) is 0.407. The number of nitrogens with zero attached hydrogens (tertiary/aromatic N) is 7. The molecule has 39 heavy (non-hydrogen) atoms. The van der Waals surface area contributed by atoms with Crippen LogP contribution in [0, 0.1) is 5.82 Å². The van der Waals surface area contributed by atoms with Gasteiger partial charge in [-0.2, -0.15) is 5.10 Å². The van der Waals surface area contributed by atoms with E-state index in [4.69, 9.17) is 4.74 Å². The molecule has 1 aromatic carbocycles. The van der Waals surface area contributed by atoms with Crippen LogP contribution in [0.25, 0.3) is 21.9 Å². The number of hydrogen-bond donors (Lipinski definition) is 1. The largest absolute Gasteiger partial charge is 0.444 e. The summed E-state index contributed by atoms with van der Waals surface area (Å²) < 4.78 is 21.7. The molecule has 1 aliphatic heterocycles. The van der Waals surface area contributed by atoms with E-state index in [1.165, 1.54) is 23.1 Å². The van der Waals surface area contributed by atoms with E-state index in [2.05, 4.69) is 25.4 Å². The van der Waals surface area contributed by atoms with Crippen molar-refractivity contribution in [3.05, 3.63) is 48.3 Å². The molecule has 0 spiro atoms. The van der Waals surface area contributed by atoms with Crippen LogP contribution in [-0.2, 0) is 11.8 Å². The van der Waals surface area contributed by atoms with Crippen molar-refractivity contribution in [1.29, 1.82) is 0 Å². The van der Waals surface area contributed by atoms with Crippen molar-refractivity contribution >= 4 is 45.4 Å². The fourth-order valence-electron chi connectivity index (χ4n) is 5.00. The second kappa shape index (κ2) is 9.75. The summed E-state index contributed by atoms with van der Waals surface area (Å²) in [4.78, 5) is 43.4. The number of hydrogen-bond acceptors (Lipinski definition) is 8. The number of rotatable bonds is 3. The first-order valence-corrected chi connectivity index (χ1v) is 12.7. The predicted octanol–water partition coefficient (Wildman–Crippen LogP) is 4.14. The molecule has 11 nitrogen and oxygen atoms in total. The van der Waals surface area contributed by atoms with Crippen molar-refractivity contribution in [3.8, 4) is 0 Å². The minimum atomic E-state index is -0.590. The minimum absolute atomic E-state index is 0.155. The lowest BCUT2D eigenvalue weighted by Crippen LogP contribution is -2.59. The quantitative estimate of drug-likeness (QED) is 0.417. The number of piperazine rings is 1. The highest BCUT2D eigenvalue weighted by atomic mass is 19.1. The van der Waals surface area contributed by atoms with Crippen LogP contribution in [0.3, 0.4) is 0 Å². The van der Waals surface area contributed by atoms with Gasteiger partial charge in [0.15, 0.2) is 11.6 Å². The molecule has 204 valence electrons. The van der Waals surface area contributed by atoms with Crippen molar-refractivity contribution in [2.75, 3.05) is 23.3 Å². The average Bonchev–Trinajstić information content (AvgIpc) is 3.22. The van der Waals surface area contributed by atoms with Crippen molar-refractivity contribution in [2.24, 2.45) is 7.05 Å². The van der Waals surface area contributed by atoms with E-state index in [1.54, 1.807) is 30.4 Å². The Morgan fingerprint density at radius 3 is 2.36 bits per heavy atom. The third kappa shape index (κ3) is 5.18. The first-order valence-electron chi connectivity index (χ1n) is 12.7. The number of anilines is 2. The van der Waals surface area contributed by atoms with Crippen LogP contribution in [-0.4, -0.2) is 72.4 Å². The molecule has 1 saturated heterocycles. The summed E-state index contributed by atoms with van der Waals surface area (Å²) in [5.41, 5.74) is 0.976. The van der Waals surface area contributed by atoms with Gasteiger partial charge < -0.3 is 15.0 Å². The smallest absolute Gasteiger partial charge is 0.410 e. The Kier molecular flexibility index (Phi) is 6.57. The maximum Gasteiger partial charge on any atom is 0.410 e. The third-order valence-corrected chi connectivity index (χ3v) is 6.48. The number of amides is 2. The Bertz CT molecular complexity index is 1570. The van der Waals surface area contributed by atoms with E-state index < -0.39 is 17.3 Å². The molecule has 4 aromatic rings. The molecule has 1 fully saturated rings. The molecule has 0 unspecified atom stereocenters. The molecule has 0 bridgehead atoms. The van der Waals surface area contributed by atoms with Crippen LogP contribution in [0.1, 0.15) is 45.0 Å². The summed E-state index contributed by atoms with van der Waals surface area (Å²) in [5.74, 6) is -0.450. The van der Waals surface area contributed by atoms with Crippen molar-refractivity contribution < 1.29 is 18.7 Å². The van der Waals surface area contributed by atoms with E-state index in [0.29, 0.717) is 41.0 Å². The molecule has 2 amide bonds. The summed E-state index contributed by atoms with van der Waals surface area (Å²) in [6.45, 7) is 10.4. The number of aromatic nitrogens is 5. The van der Waals surface area contributed by atoms with Gasteiger partial charge in [-0.3, -0.25) is 19.4 Å². The van der Waals surface area contributed by atoms with E-state index in [1.807, 2.05) is 39.5 Å². The molecule has 1 aliphatic rings. The van der Waals surface area contributed by atoms with Crippen LogP contribution >= 0.6 is 0 Å². The molecule has 1 N–H and O–H groups in total. The van der Waals surface area contributed by atoms with Crippen molar-refractivity contribution in [3.63, 3.8) is 0 Å². The van der Waals surface area contributed by atoms with Crippen LogP contribution in [0.4, 0.5) is 20.7 Å². The van der Waals surface area contributed by atoms with Gasteiger partial charge in [0.05, 0.1) is 17.6 Å². The first-order chi connectivity index (χ1) is 18.4. The summed E-state index contributed by atoms with van der Waals surface area (Å²) in [7, 11) is 1.70. The molecular weight excluding hydrogens is 503 g/mol. The lowest BCUT2D eigenvalue weighted by atomic mass is 10.1.